The summed E-state index contributed by atoms with van der Waals surface area (Å²) in [6.45, 7) is 7.41. The molecule has 0 aliphatic heterocycles. The normalized spacial score (nSPS) is 13.7. The van der Waals surface area contributed by atoms with Crippen molar-refractivity contribution in [1.29, 1.82) is 0 Å². The molecule has 0 saturated heterocycles. The number of phosphoric ester groups is 2. The molecule has 0 amide bonds. The molecule has 0 bridgehead atoms. The van der Waals surface area contributed by atoms with Crippen LogP contribution in [0.25, 0.3) is 0 Å². The van der Waals surface area contributed by atoms with Gasteiger partial charge in [0.25, 0.3) is 0 Å². The molecule has 0 aromatic heterocycles. The Hall–Kier alpha value is -1.94. The Balaban J connectivity index is 5.23. The highest BCUT2D eigenvalue weighted by atomic mass is 31.2. The molecular weight excluding hydrogens is 1410 g/mol. The number of phosphoric acid groups is 2. The molecule has 0 aromatic rings. The molecule has 0 aliphatic carbocycles. The second-order valence-electron chi connectivity index (χ2n) is 32.8. The van der Waals surface area contributed by atoms with Crippen molar-refractivity contribution >= 4 is 39.5 Å². The van der Waals surface area contributed by atoms with Gasteiger partial charge in [0.1, 0.15) is 19.3 Å². The van der Waals surface area contributed by atoms with Gasteiger partial charge in [-0.05, 0) is 31.6 Å². The van der Waals surface area contributed by atoms with Crippen LogP contribution in [0.3, 0.4) is 0 Å². The molecular formula is C90H176O17P2. The fraction of sp³-hybridized carbons (Fsp3) is 0.956. The summed E-state index contributed by atoms with van der Waals surface area (Å²) in [5, 5.41) is 10.7. The SMILES string of the molecule is CCCCCCCCCCCCCCCCCCCCCCCC(=O)O[C@H](COC(=O)CCCCCCCCCCCCCCCCCCCCCC)COP(=O)(O)OC[C@@H](O)COP(=O)(O)OC[C@@H](COC(=O)CCCCCCCCCCCCC)OC(=O)CCCCCCCCCCCCCCCCC(C)C. The third-order valence-electron chi connectivity index (χ3n) is 21.3. The number of ether oxygens (including phenoxy) is 4. The zero-order valence-corrected chi connectivity index (χ0v) is 73.5. The zero-order valence-electron chi connectivity index (χ0n) is 71.7. The van der Waals surface area contributed by atoms with Crippen LogP contribution >= 0.6 is 15.6 Å². The molecule has 0 aromatic carbocycles. The lowest BCUT2D eigenvalue weighted by Crippen LogP contribution is -2.30. The van der Waals surface area contributed by atoms with Crippen molar-refractivity contribution in [2.45, 2.75) is 509 Å². The van der Waals surface area contributed by atoms with Crippen LogP contribution in [0.4, 0.5) is 0 Å². The minimum absolute atomic E-state index is 0.108. The van der Waals surface area contributed by atoms with Gasteiger partial charge in [0, 0.05) is 25.7 Å². The fourth-order valence-corrected chi connectivity index (χ4v) is 15.8. The van der Waals surface area contributed by atoms with Gasteiger partial charge in [-0.15, -0.1) is 0 Å². The van der Waals surface area contributed by atoms with Gasteiger partial charge in [0.15, 0.2) is 12.2 Å². The lowest BCUT2D eigenvalue weighted by Gasteiger charge is -2.21. The van der Waals surface area contributed by atoms with E-state index in [-0.39, 0.29) is 25.7 Å². The Kier molecular flexibility index (Phi) is 81.1. The third kappa shape index (κ3) is 83.8. The highest BCUT2D eigenvalue weighted by molar-refractivity contribution is 7.47. The van der Waals surface area contributed by atoms with Crippen molar-refractivity contribution in [3.8, 4) is 0 Å². The molecule has 0 rings (SSSR count). The number of carbonyl (C=O) groups excluding carboxylic acids is 4. The highest BCUT2D eigenvalue weighted by Crippen LogP contribution is 2.45. The average Bonchev–Trinajstić information content (AvgIpc) is 0.904. The number of hydrogen-bond donors (Lipinski definition) is 3. The molecule has 5 atom stereocenters. The standard InChI is InChI=1S/C90H176O17P2/c1-6-9-12-15-18-21-24-26-28-30-32-34-36-38-40-45-50-55-60-65-70-75-89(94)107-86(80-101-88(93)74-69-64-59-54-49-44-39-37-35-33-31-29-27-25-22-19-16-13-10-7-2)82-105-109(98,99)103-78-84(91)77-102-108(96,97)104-81-85(79-100-87(92)73-68-63-58-53-47-23-20-17-14-11-8-3)106-90(95)76-71-66-61-56-51-46-42-41-43-48-52-57-62-67-72-83(4)5/h83-86,91H,6-82H2,1-5H3,(H,96,97)(H,98,99)/t84-,85+,86+/m0/s1. The molecule has 3 N–H and O–H groups in total. The maximum absolute atomic E-state index is 13.2. The largest absolute Gasteiger partial charge is 0.472 e. The summed E-state index contributed by atoms with van der Waals surface area (Å²) in [5.41, 5.74) is 0. The molecule has 2 unspecified atom stereocenters. The first-order valence-electron chi connectivity index (χ1n) is 46.6. The van der Waals surface area contributed by atoms with E-state index in [1.807, 2.05) is 0 Å². The lowest BCUT2D eigenvalue weighted by atomic mass is 10.0. The zero-order chi connectivity index (χ0) is 79.7. The number of aliphatic hydroxyl groups is 1. The Labute approximate surface area is 670 Å². The van der Waals surface area contributed by atoms with Crippen molar-refractivity contribution in [3.63, 3.8) is 0 Å². The first-order chi connectivity index (χ1) is 53.0. The Morgan fingerprint density at radius 3 is 0.624 bits per heavy atom. The number of carbonyl (C=O) groups is 4. The predicted molar refractivity (Wildman–Crippen MR) is 451 cm³/mol. The molecule has 0 aliphatic rings. The average molecular weight is 1590 g/mol. The van der Waals surface area contributed by atoms with E-state index in [1.54, 1.807) is 0 Å². The van der Waals surface area contributed by atoms with Gasteiger partial charge in [0.2, 0.25) is 0 Å². The monoisotopic (exact) mass is 1590 g/mol. The van der Waals surface area contributed by atoms with E-state index in [9.17, 15) is 43.2 Å². The maximum Gasteiger partial charge on any atom is 0.472 e. The molecule has 109 heavy (non-hydrogen) atoms. The van der Waals surface area contributed by atoms with E-state index in [1.165, 1.54) is 315 Å². The number of rotatable bonds is 90. The number of aliphatic hydroxyl groups excluding tert-OH is 1. The van der Waals surface area contributed by atoms with Crippen LogP contribution in [-0.4, -0.2) is 96.7 Å². The smallest absolute Gasteiger partial charge is 0.462 e. The van der Waals surface area contributed by atoms with Gasteiger partial charge in [0.05, 0.1) is 26.4 Å². The van der Waals surface area contributed by atoms with E-state index in [4.69, 9.17) is 37.0 Å². The van der Waals surface area contributed by atoms with E-state index < -0.39 is 97.5 Å². The van der Waals surface area contributed by atoms with E-state index >= 15 is 0 Å². The quantitative estimate of drug-likeness (QED) is 0.0222. The molecule has 0 radical (unpaired) electrons. The Bertz CT molecular complexity index is 2070. The topological polar surface area (TPSA) is 237 Å². The summed E-state index contributed by atoms with van der Waals surface area (Å²) < 4.78 is 69.0. The lowest BCUT2D eigenvalue weighted by molar-refractivity contribution is -0.161. The number of hydrogen-bond acceptors (Lipinski definition) is 15. The first kappa shape index (κ1) is 107. The summed E-state index contributed by atoms with van der Waals surface area (Å²) in [7, 11) is -9.93. The van der Waals surface area contributed by atoms with E-state index in [0.717, 1.165) is 95.8 Å². The first-order valence-corrected chi connectivity index (χ1v) is 49.6. The molecule has 19 heteroatoms. The van der Waals surface area contributed by atoms with Crippen molar-refractivity contribution in [3.05, 3.63) is 0 Å². The van der Waals surface area contributed by atoms with Gasteiger partial charge < -0.3 is 33.8 Å². The van der Waals surface area contributed by atoms with Crippen molar-refractivity contribution in [2.24, 2.45) is 5.92 Å². The highest BCUT2D eigenvalue weighted by Gasteiger charge is 2.31. The summed E-state index contributed by atoms with van der Waals surface area (Å²) >= 11 is 0. The van der Waals surface area contributed by atoms with Gasteiger partial charge in [-0.2, -0.15) is 0 Å². The van der Waals surface area contributed by atoms with Crippen molar-refractivity contribution in [2.75, 3.05) is 39.6 Å². The predicted octanol–water partition coefficient (Wildman–Crippen LogP) is 27.9. The van der Waals surface area contributed by atoms with Crippen LogP contribution in [0.2, 0.25) is 0 Å². The number of esters is 4. The van der Waals surface area contributed by atoms with Gasteiger partial charge in [-0.1, -0.05) is 439 Å². The molecule has 17 nitrogen and oxygen atoms in total. The second kappa shape index (κ2) is 82.6. The molecule has 648 valence electrons. The van der Waals surface area contributed by atoms with Crippen molar-refractivity contribution in [1.82, 2.24) is 0 Å². The fourth-order valence-electron chi connectivity index (χ4n) is 14.2. The third-order valence-corrected chi connectivity index (χ3v) is 23.2. The van der Waals surface area contributed by atoms with Crippen LogP contribution in [0.5, 0.6) is 0 Å². The van der Waals surface area contributed by atoms with Crippen LogP contribution in [0.1, 0.15) is 490 Å². The molecule has 0 saturated carbocycles. The van der Waals surface area contributed by atoms with Crippen LogP contribution in [0.15, 0.2) is 0 Å². The van der Waals surface area contributed by atoms with Gasteiger partial charge >= 0.3 is 39.5 Å². The van der Waals surface area contributed by atoms with Crippen LogP contribution in [0, 0.1) is 5.92 Å². The molecule has 0 spiro atoms. The van der Waals surface area contributed by atoms with Crippen molar-refractivity contribution < 1.29 is 80.2 Å². The number of unbranched alkanes of at least 4 members (excludes halogenated alkanes) is 62. The second-order valence-corrected chi connectivity index (χ2v) is 35.7. The summed E-state index contributed by atoms with van der Waals surface area (Å²) in [6, 6.07) is 0. The van der Waals surface area contributed by atoms with E-state index in [2.05, 4.69) is 34.6 Å². The summed E-state index contributed by atoms with van der Waals surface area (Å²) in [6.07, 6.45) is 77.8. The minimum Gasteiger partial charge on any atom is -0.462 e. The minimum atomic E-state index is -4.97. The molecule has 0 heterocycles. The Morgan fingerprint density at radius 2 is 0.422 bits per heavy atom. The van der Waals surface area contributed by atoms with Gasteiger partial charge in [-0.25, -0.2) is 9.13 Å². The summed E-state index contributed by atoms with van der Waals surface area (Å²) in [5.74, 6) is -1.30. The van der Waals surface area contributed by atoms with Gasteiger partial charge in [-0.3, -0.25) is 37.3 Å². The van der Waals surface area contributed by atoms with Crippen LogP contribution in [-0.2, 0) is 65.4 Å². The Morgan fingerprint density at radius 1 is 0.248 bits per heavy atom. The van der Waals surface area contributed by atoms with Crippen LogP contribution < -0.4 is 0 Å². The molecule has 0 fully saturated rings. The maximum atomic E-state index is 13.2. The van der Waals surface area contributed by atoms with E-state index in [0.29, 0.717) is 25.7 Å². The summed E-state index contributed by atoms with van der Waals surface area (Å²) in [4.78, 5) is 73.4.